The van der Waals surface area contributed by atoms with Gasteiger partial charge in [-0.05, 0) is 25.8 Å². The van der Waals surface area contributed by atoms with E-state index in [9.17, 15) is 4.79 Å². The highest BCUT2D eigenvalue weighted by Gasteiger charge is 2.19. The van der Waals surface area contributed by atoms with Gasteiger partial charge in [-0.15, -0.1) is 10.2 Å². The molecule has 1 heterocycles. The van der Waals surface area contributed by atoms with Crippen LogP contribution in [0, 0.1) is 6.92 Å². The predicted octanol–water partition coefficient (Wildman–Crippen LogP) is 3.63. The lowest BCUT2D eigenvalue weighted by atomic mass is 10.1. The summed E-state index contributed by atoms with van der Waals surface area (Å²) in [6.45, 7) is 4.57. The second kappa shape index (κ2) is 8.86. The van der Waals surface area contributed by atoms with Gasteiger partial charge >= 0.3 is 0 Å². The van der Waals surface area contributed by atoms with E-state index >= 15 is 0 Å². The first-order chi connectivity index (χ1) is 13.0. The molecule has 140 valence electrons. The number of rotatable bonds is 7. The van der Waals surface area contributed by atoms with Crippen LogP contribution in [0.25, 0.3) is 11.4 Å². The van der Waals surface area contributed by atoms with Crippen molar-refractivity contribution in [1.29, 1.82) is 0 Å². The summed E-state index contributed by atoms with van der Waals surface area (Å²) in [5, 5.41) is 12.0. The van der Waals surface area contributed by atoms with E-state index in [1.165, 1.54) is 22.9 Å². The number of hydrogen-bond acceptors (Lipinski definition) is 4. The van der Waals surface area contributed by atoms with E-state index in [0.29, 0.717) is 6.54 Å². The number of benzene rings is 2. The van der Waals surface area contributed by atoms with Crippen molar-refractivity contribution in [3.8, 4) is 11.4 Å². The number of thioether (sulfide) groups is 1. The van der Waals surface area contributed by atoms with Crippen LogP contribution in [0.4, 0.5) is 0 Å². The highest BCUT2D eigenvalue weighted by molar-refractivity contribution is 8.00. The van der Waals surface area contributed by atoms with Crippen molar-refractivity contribution in [3.05, 3.63) is 65.7 Å². The Labute approximate surface area is 164 Å². The Hall–Kier alpha value is -2.60. The molecular formula is C21H24N4OS. The fraction of sp³-hybridized carbons (Fsp3) is 0.286. The van der Waals surface area contributed by atoms with Crippen molar-refractivity contribution in [1.82, 2.24) is 20.1 Å². The van der Waals surface area contributed by atoms with Crippen LogP contribution in [0.3, 0.4) is 0 Å². The van der Waals surface area contributed by atoms with Gasteiger partial charge in [0, 0.05) is 19.2 Å². The number of amides is 1. The van der Waals surface area contributed by atoms with Gasteiger partial charge in [-0.25, -0.2) is 0 Å². The molecule has 1 amide bonds. The van der Waals surface area contributed by atoms with E-state index in [2.05, 4.69) is 46.7 Å². The lowest BCUT2D eigenvalue weighted by molar-refractivity contribution is -0.120. The van der Waals surface area contributed by atoms with Crippen molar-refractivity contribution in [2.75, 3.05) is 6.54 Å². The largest absolute Gasteiger partial charge is 0.355 e. The summed E-state index contributed by atoms with van der Waals surface area (Å²) in [6.07, 6.45) is 0.825. The number of carbonyl (C=O) groups excluding carboxylic acids is 1. The molecule has 6 heteroatoms. The van der Waals surface area contributed by atoms with Crippen LogP contribution in [0.2, 0.25) is 0 Å². The molecule has 27 heavy (non-hydrogen) atoms. The minimum atomic E-state index is -0.241. The van der Waals surface area contributed by atoms with E-state index in [1.807, 2.05) is 48.9 Å². The first-order valence-corrected chi connectivity index (χ1v) is 9.87. The van der Waals surface area contributed by atoms with Crippen LogP contribution in [-0.4, -0.2) is 32.5 Å². The first kappa shape index (κ1) is 19.2. The molecule has 3 rings (SSSR count). The van der Waals surface area contributed by atoms with Crippen LogP contribution in [0.15, 0.2) is 59.8 Å². The summed E-state index contributed by atoms with van der Waals surface area (Å²) in [7, 11) is 1.93. The SMILES string of the molecule is Cc1ccc(-c2nnc(SC(C)C(=O)NCCc3ccccc3)n2C)cc1. The molecular weight excluding hydrogens is 356 g/mol. The molecule has 1 N–H and O–H groups in total. The third-order valence-electron chi connectivity index (χ3n) is 4.35. The monoisotopic (exact) mass is 380 g/mol. The zero-order valence-electron chi connectivity index (χ0n) is 15.8. The number of nitrogens with zero attached hydrogens (tertiary/aromatic N) is 3. The van der Waals surface area contributed by atoms with Gasteiger partial charge in [0.25, 0.3) is 0 Å². The van der Waals surface area contributed by atoms with Gasteiger partial charge in [0.05, 0.1) is 5.25 Å². The fourth-order valence-electron chi connectivity index (χ4n) is 2.70. The zero-order valence-corrected chi connectivity index (χ0v) is 16.7. The molecule has 0 saturated carbocycles. The van der Waals surface area contributed by atoms with E-state index in [-0.39, 0.29) is 11.2 Å². The van der Waals surface area contributed by atoms with E-state index < -0.39 is 0 Å². The zero-order chi connectivity index (χ0) is 19.2. The van der Waals surface area contributed by atoms with Crippen molar-refractivity contribution in [2.24, 2.45) is 7.05 Å². The Morgan fingerprint density at radius 1 is 1.11 bits per heavy atom. The summed E-state index contributed by atoms with van der Waals surface area (Å²) in [5.74, 6) is 0.810. The summed E-state index contributed by atoms with van der Waals surface area (Å²) in [6, 6.07) is 18.3. The Bertz CT molecular complexity index is 890. The van der Waals surface area contributed by atoms with Crippen LogP contribution in [0.1, 0.15) is 18.1 Å². The highest BCUT2D eigenvalue weighted by atomic mass is 32.2. The molecule has 3 aromatic rings. The van der Waals surface area contributed by atoms with Gasteiger partial charge in [0.15, 0.2) is 11.0 Å². The molecule has 1 atom stereocenters. The molecule has 0 fully saturated rings. The molecule has 0 aliphatic heterocycles. The van der Waals surface area contributed by atoms with Crippen molar-refractivity contribution < 1.29 is 4.79 Å². The summed E-state index contributed by atoms with van der Waals surface area (Å²) in [5.41, 5.74) is 3.44. The van der Waals surface area contributed by atoms with E-state index in [1.54, 1.807) is 0 Å². The normalized spacial score (nSPS) is 12.0. The number of nitrogens with one attached hydrogen (secondary N) is 1. The van der Waals surface area contributed by atoms with Crippen LogP contribution < -0.4 is 5.32 Å². The van der Waals surface area contributed by atoms with Gasteiger partial charge in [0.1, 0.15) is 0 Å². The average molecular weight is 381 g/mol. The molecule has 1 aromatic heterocycles. The van der Waals surface area contributed by atoms with Crippen LogP contribution in [-0.2, 0) is 18.3 Å². The minimum Gasteiger partial charge on any atom is -0.355 e. The second-order valence-electron chi connectivity index (χ2n) is 6.52. The Balaban J connectivity index is 1.56. The molecule has 5 nitrogen and oxygen atoms in total. The fourth-order valence-corrected chi connectivity index (χ4v) is 3.54. The Kier molecular flexibility index (Phi) is 6.29. The number of aryl methyl sites for hydroxylation is 1. The quantitative estimate of drug-likeness (QED) is 0.636. The van der Waals surface area contributed by atoms with Crippen LogP contribution in [0.5, 0.6) is 0 Å². The lowest BCUT2D eigenvalue weighted by Gasteiger charge is -2.12. The van der Waals surface area contributed by atoms with Crippen LogP contribution >= 0.6 is 11.8 Å². The maximum absolute atomic E-state index is 12.4. The molecule has 2 aromatic carbocycles. The summed E-state index contributed by atoms with van der Waals surface area (Å²) < 4.78 is 1.93. The van der Waals surface area contributed by atoms with Gasteiger partial charge in [-0.3, -0.25) is 4.79 Å². The average Bonchev–Trinajstić information content (AvgIpc) is 3.03. The molecule has 0 aliphatic rings. The molecule has 0 radical (unpaired) electrons. The molecule has 0 aliphatic carbocycles. The smallest absolute Gasteiger partial charge is 0.233 e. The molecule has 0 saturated heterocycles. The topological polar surface area (TPSA) is 59.8 Å². The number of aromatic nitrogens is 3. The standard InChI is InChI=1S/C21H24N4OS/c1-15-9-11-18(12-10-15)19-23-24-21(25(19)3)27-16(2)20(26)22-14-13-17-7-5-4-6-8-17/h4-12,16H,13-14H2,1-3H3,(H,22,26). The third-order valence-corrected chi connectivity index (χ3v) is 5.49. The summed E-state index contributed by atoms with van der Waals surface area (Å²) in [4.78, 5) is 12.4. The third kappa shape index (κ3) is 4.98. The van der Waals surface area contributed by atoms with Gasteiger partial charge in [-0.1, -0.05) is 71.9 Å². The van der Waals surface area contributed by atoms with Gasteiger partial charge < -0.3 is 9.88 Å². The molecule has 1 unspecified atom stereocenters. The van der Waals surface area contributed by atoms with Gasteiger partial charge in [-0.2, -0.15) is 0 Å². The van der Waals surface area contributed by atoms with Crippen molar-refractivity contribution in [2.45, 2.75) is 30.7 Å². The predicted molar refractivity (Wildman–Crippen MR) is 110 cm³/mol. The molecule has 0 bridgehead atoms. The lowest BCUT2D eigenvalue weighted by Crippen LogP contribution is -2.32. The first-order valence-electron chi connectivity index (χ1n) is 8.99. The van der Waals surface area contributed by atoms with E-state index in [4.69, 9.17) is 0 Å². The Morgan fingerprint density at radius 2 is 1.81 bits per heavy atom. The number of hydrogen-bond donors (Lipinski definition) is 1. The second-order valence-corrected chi connectivity index (χ2v) is 7.83. The van der Waals surface area contributed by atoms with Gasteiger partial charge in [0.2, 0.25) is 5.91 Å². The summed E-state index contributed by atoms with van der Waals surface area (Å²) >= 11 is 1.42. The molecule has 0 spiro atoms. The maximum Gasteiger partial charge on any atom is 0.233 e. The van der Waals surface area contributed by atoms with Crippen molar-refractivity contribution >= 4 is 17.7 Å². The van der Waals surface area contributed by atoms with E-state index in [0.717, 1.165) is 23.0 Å². The van der Waals surface area contributed by atoms with Crippen molar-refractivity contribution in [3.63, 3.8) is 0 Å². The number of carbonyl (C=O) groups is 1. The maximum atomic E-state index is 12.4. The Morgan fingerprint density at radius 3 is 2.52 bits per heavy atom. The highest BCUT2D eigenvalue weighted by Crippen LogP contribution is 2.25. The minimum absolute atomic E-state index is 0.0100.